The minimum atomic E-state index is 0.0129. The number of nitrogens with zero attached hydrogens (tertiary/aromatic N) is 3. The molecular formula is C21H29N5O2S. The molecule has 1 saturated carbocycles. The van der Waals surface area contributed by atoms with Crippen LogP contribution in [0, 0.1) is 0 Å². The molecule has 0 radical (unpaired) electrons. The van der Waals surface area contributed by atoms with Gasteiger partial charge < -0.3 is 15.2 Å². The molecule has 5 rings (SSSR count). The summed E-state index contributed by atoms with van der Waals surface area (Å²) < 4.78 is 0. The number of aromatic amines is 1. The molecule has 0 atom stereocenters. The van der Waals surface area contributed by atoms with E-state index in [-0.39, 0.29) is 11.6 Å². The fourth-order valence-electron chi connectivity index (χ4n) is 4.94. The summed E-state index contributed by atoms with van der Waals surface area (Å²) in [6, 6.07) is 0.437. The standard InChI is InChI=1S/C21H29N5O2S/c27-19-18-15-7-3-4-8-16(15)29-20(18)24-17(23-19)13-25-9-11-26(12-10-25)21(28)22-14-5-1-2-6-14/h14H,1-13H2,(H,22,28)(H,23,24,27). The number of thiophene rings is 1. The fraction of sp³-hybridized carbons (Fsp3) is 0.667. The van der Waals surface area contributed by atoms with Crippen molar-refractivity contribution in [3.05, 3.63) is 26.6 Å². The highest BCUT2D eigenvalue weighted by Gasteiger charge is 2.25. The lowest BCUT2D eigenvalue weighted by Gasteiger charge is -2.35. The van der Waals surface area contributed by atoms with E-state index in [1.54, 1.807) is 11.3 Å². The number of hydrogen-bond acceptors (Lipinski definition) is 5. The van der Waals surface area contributed by atoms with Crippen LogP contribution in [0.25, 0.3) is 10.2 Å². The molecular weight excluding hydrogens is 386 g/mol. The van der Waals surface area contributed by atoms with Crippen molar-refractivity contribution in [2.75, 3.05) is 26.2 Å². The maximum absolute atomic E-state index is 12.7. The van der Waals surface area contributed by atoms with Crippen LogP contribution in [0.5, 0.6) is 0 Å². The van der Waals surface area contributed by atoms with E-state index in [1.165, 1.54) is 36.1 Å². The minimum absolute atomic E-state index is 0.0129. The number of amides is 2. The van der Waals surface area contributed by atoms with Gasteiger partial charge in [0.05, 0.1) is 11.9 Å². The predicted molar refractivity (Wildman–Crippen MR) is 115 cm³/mol. The van der Waals surface area contributed by atoms with Gasteiger partial charge in [-0.15, -0.1) is 11.3 Å². The average molecular weight is 416 g/mol. The van der Waals surface area contributed by atoms with Crippen LogP contribution >= 0.6 is 11.3 Å². The van der Waals surface area contributed by atoms with E-state index in [1.807, 2.05) is 4.90 Å². The SMILES string of the molecule is O=C(NC1CCCC1)N1CCN(Cc2nc3sc4c(c3c(=O)[nH]2)CCCC4)CC1. The average Bonchev–Trinajstić information content (AvgIpc) is 3.35. The molecule has 0 aromatic carbocycles. The van der Waals surface area contributed by atoms with Gasteiger partial charge in [0.25, 0.3) is 5.56 Å². The summed E-state index contributed by atoms with van der Waals surface area (Å²) >= 11 is 1.70. The smallest absolute Gasteiger partial charge is 0.317 e. The van der Waals surface area contributed by atoms with Crippen LogP contribution in [-0.4, -0.2) is 58.0 Å². The van der Waals surface area contributed by atoms with Gasteiger partial charge in [0, 0.05) is 37.1 Å². The van der Waals surface area contributed by atoms with Crippen LogP contribution in [0.2, 0.25) is 0 Å². The largest absolute Gasteiger partial charge is 0.335 e. The van der Waals surface area contributed by atoms with E-state index in [0.29, 0.717) is 12.6 Å². The van der Waals surface area contributed by atoms with E-state index >= 15 is 0 Å². The van der Waals surface area contributed by atoms with Gasteiger partial charge >= 0.3 is 6.03 Å². The Kier molecular flexibility index (Phi) is 5.30. The molecule has 0 spiro atoms. The maximum atomic E-state index is 12.7. The molecule has 156 valence electrons. The number of hydrogen-bond donors (Lipinski definition) is 2. The Hall–Kier alpha value is -1.93. The van der Waals surface area contributed by atoms with Crippen molar-refractivity contribution >= 4 is 27.6 Å². The summed E-state index contributed by atoms with van der Waals surface area (Å²) in [5, 5.41) is 4.00. The molecule has 8 heteroatoms. The van der Waals surface area contributed by atoms with Gasteiger partial charge in [0.2, 0.25) is 0 Å². The zero-order valence-electron chi connectivity index (χ0n) is 16.8. The number of carbonyl (C=O) groups excluding carboxylic acids is 1. The van der Waals surface area contributed by atoms with Crippen molar-refractivity contribution in [3.63, 3.8) is 0 Å². The van der Waals surface area contributed by atoms with Gasteiger partial charge in [0.15, 0.2) is 0 Å². The van der Waals surface area contributed by atoms with Crippen LogP contribution in [0.15, 0.2) is 4.79 Å². The van der Waals surface area contributed by atoms with Crippen molar-refractivity contribution in [3.8, 4) is 0 Å². The molecule has 2 aromatic heterocycles. The summed E-state index contributed by atoms with van der Waals surface area (Å²) in [4.78, 5) is 39.4. The van der Waals surface area contributed by atoms with Crippen molar-refractivity contribution in [1.29, 1.82) is 0 Å². The molecule has 2 aromatic rings. The molecule has 0 bridgehead atoms. The summed E-state index contributed by atoms with van der Waals surface area (Å²) in [7, 11) is 0. The number of rotatable bonds is 3. The topological polar surface area (TPSA) is 81.3 Å². The molecule has 1 saturated heterocycles. The van der Waals surface area contributed by atoms with Gasteiger partial charge in [0.1, 0.15) is 10.7 Å². The summed E-state index contributed by atoms with van der Waals surface area (Å²) in [5.74, 6) is 0.741. The first-order chi connectivity index (χ1) is 14.2. The monoisotopic (exact) mass is 415 g/mol. The lowest BCUT2D eigenvalue weighted by Crippen LogP contribution is -2.53. The second kappa shape index (κ2) is 8.07. The summed E-state index contributed by atoms with van der Waals surface area (Å²) in [5.41, 5.74) is 1.25. The third-order valence-corrected chi connectivity index (χ3v) is 7.78. The Morgan fingerprint density at radius 3 is 2.66 bits per heavy atom. The molecule has 2 fully saturated rings. The molecule has 0 unspecified atom stereocenters. The first-order valence-electron chi connectivity index (χ1n) is 11.0. The quantitative estimate of drug-likeness (QED) is 0.808. The van der Waals surface area contributed by atoms with Gasteiger partial charge in [-0.25, -0.2) is 9.78 Å². The van der Waals surface area contributed by atoms with Gasteiger partial charge in [-0.05, 0) is 44.1 Å². The van der Waals surface area contributed by atoms with Gasteiger partial charge in [-0.3, -0.25) is 9.69 Å². The molecule has 2 aliphatic carbocycles. The number of aromatic nitrogens is 2. The fourth-order valence-corrected chi connectivity index (χ4v) is 6.22. The minimum Gasteiger partial charge on any atom is -0.335 e. The molecule has 29 heavy (non-hydrogen) atoms. The second-order valence-corrected chi connectivity index (χ2v) is 9.68. The van der Waals surface area contributed by atoms with Crippen LogP contribution in [0.1, 0.15) is 54.8 Å². The van der Waals surface area contributed by atoms with Crippen LogP contribution < -0.4 is 10.9 Å². The van der Waals surface area contributed by atoms with Crippen molar-refractivity contribution in [2.45, 2.75) is 64.0 Å². The van der Waals surface area contributed by atoms with E-state index in [2.05, 4.69) is 15.2 Å². The number of nitrogens with one attached hydrogen (secondary N) is 2. The van der Waals surface area contributed by atoms with E-state index in [9.17, 15) is 9.59 Å². The lowest BCUT2D eigenvalue weighted by molar-refractivity contribution is 0.131. The number of carbonyl (C=O) groups is 1. The molecule has 7 nitrogen and oxygen atoms in total. The molecule has 3 heterocycles. The first kappa shape index (κ1) is 19.1. The zero-order valence-corrected chi connectivity index (χ0v) is 17.7. The summed E-state index contributed by atoms with van der Waals surface area (Å²) in [6.45, 7) is 3.68. The Labute approximate surface area is 174 Å². The highest BCUT2D eigenvalue weighted by molar-refractivity contribution is 7.18. The Morgan fingerprint density at radius 1 is 1.10 bits per heavy atom. The second-order valence-electron chi connectivity index (χ2n) is 8.60. The lowest BCUT2D eigenvalue weighted by atomic mass is 9.97. The number of H-pyrrole nitrogens is 1. The van der Waals surface area contributed by atoms with Crippen molar-refractivity contribution in [1.82, 2.24) is 25.1 Å². The van der Waals surface area contributed by atoms with Crippen LogP contribution in [-0.2, 0) is 19.4 Å². The van der Waals surface area contributed by atoms with Crippen LogP contribution in [0.3, 0.4) is 0 Å². The van der Waals surface area contributed by atoms with Gasteiger partial charge in [-0.2, -0.15) is 0 Å². The first-order valence-corrected chi connectivity index (χ1v) is 11.8. The highest BCUT2D eigenvalue weighted by Crippen LogP contribution is 2.33. The zero-order chi connectivity index (χ0) is 19.8. The number of urea groups is 1. The highest BCUT2D eigenvalue weighted by atomic mass is 32.1. The van der Waals surface area contributed by atoms with E-state index in [4.69, 9.17) is 4.98 Å². The van der Waals surface area contributed by atoms with Crippen molar-refractivity contribution < 1.29 is 4.79 Å². The predicted octanol–water partition coefficient (Wildman–Crippen LogP) is 2.63. The van der Waals surface area contributed by atoms with E-state index in [0.717, 1.165) is 67.9 Å². The molecule has 1 aliphatic heterocycles. The summed E-state index contributed by atoms with van der Waals surface area (Å²) in [6.07, 6.45) is 9.13. The molecule has 2 amide bonds. The van der Waals surface area contributed by atoms with Crippen LogP contribution in [0.4, 0.5) is 4.79 Å². The Morgan fingerprint density at radius 2 is 1.86 bits per heavy atom. The number of aryl methyl sites for hydroxylation is 2. The normalized spacial score (nSPS) is 20.9. The van der Waals surface area contributed by atoms with Gasteiger partial charge in [-0.1, -0.05) is 12.8 Å². The Balaban J connectivity index is 1.22. The maximum Gasteiger partial charge on any atom is 0.317 e. The third-order valence-electron chi connectivity index (χ3n) is 6.59. The van der Waals surface area contributed by atoms with Crippen molar-refractivity contribution in [2.24, 2.45) is 0 Å². The number of piperazine rings is 1. The Bertz CT molecular complexity index is 954. The molecule has 3 aliphatic rings. The third kappa shape index (κ3) is 3.92. The molecule has 2 N–H and O–H groups in total. The van der Waals surface area contributed by atoms with E-state index < -0.39 is 0 Å². The number of fused-ring (bicyclic) bond motifs is 3.